The van der Waals surface area contributed by atoms with E-state index in [4.69, 9.17) is 15.0 Å². The van der Waals surface area contributed by atoms with Gasteiger partial charge in [0.2, 0.25) is 0 Å². The number of aromatic nitrogens is 4. The summed E-state index contributed by atoms with van der Waals surface area (Å²) in [6, 6.07) is 131. The molecule has 0 atom stereocenters. The van der Waals surface area contributed by atoms with Crippen molar-refractivity contribution in [1.29, 1.82) is 0 Å². The third-order valence-corrected chi connectivity index (χ3v) is 22.7. The maximum Gasteiger partial charge on any atom is 0.137 e. The lowest BCUT2D eigenvalue weighted by Crippen LogP contribution is -2.12. The van der Waals surface area contributed by atoms with Crippen molar-refractivity contribution in [2.45, 2.75) is 0 Å². The van der Waals surface area contributed by atoms with Crippen LogP contribution >= 0.6 is 0 Å². The van der Waals surface area contributed by atoms with E-state index in [2.05, 4.69) is 367 Å². The summed E-state index contributed by atoms with van der Waals surface area (Å²) in [5.41, 5.74) is 33.1. The predicted octanol–water partition coefficient (Wildman–Crippen LogP) is 28.1. The second kappa shape index (κ2) is 25.5. The van der Waals surface area contributed by atoms with Gasteiger partial charge in [0.1, 0.15) is 5.82 Å². The molecule has 2 aliphatic carbocycles. The van der Waals surface area contributed by atoms with Crippen molar-refractivity contribution in [3.05, 3.63) is 389 Å². The van der Waals surface area contributed by atoms with Crippen LogP contribution in [0.3, 0.4) is 0 Å². The highest BCUT2D eigenvalue weighted by Crippen LogP contribution is 2.61. The van der Waals surface area contributed by atoms with Crippen LogP contribution in [-0.4, -0.2) is 19.9 Å². The predicted molar refractivity (Wildman–Crippen MR) is 459 cm³/mol. The largest absolute Gasteiger partial charge is 0.308 e. The van der Waals surface area contributed by atoms with Gasteiger partial charge in [0.15, 0.2) is 0 Å². The number of anilines is 6. The lowest BCUT2D eigenvalue weighted by atomic mass is 9.82. The number of hydrogen-bond donors (Lipinski definition) is 0. The summed E-state index contributed by atoms with van der Waals surface area (Å²) in [4.78, 5) is 24.4. The molecule has 22 rings (SSSR count). The van der Waals surface area contributed by atoms with Crippen LogP contribution in [0.5, 0.6) is 0 Å². The van der Waals surface area contributed by atoms with Gasteiger partial charge in [-0.25, -0.2) is 4.98 Å². The van der Waals surface area contributed by atoms with Gasteiger partial charge in [-0.2, -0.15) is 0 Å². The zero-order valence-electron chi connectivity index (χ0n) is 59.6. The normalized spacial score (nSPS) is 11.8. The number of nitrogens with zero attached hydrogens (tertiary/aromatic N) is 6. The first-order chi connectivity index (χ1) is 54.6. The minimum absolute atomic E-state index is 0.784. The molecule has 20 aromatic rings. The zero-order valence-corrected chi connectivity index (χ0v) is 59.6. The van der Waals surface area contributed by atoms with Crippen LogP contribution in [0.2, 0.25) is 0 Å². The highest BCUT2D eigenvalue weighted by molar-refractivity contribution is 6.31. The first-order valence-electron chi connectivity index (χ1n) is 37.6. The molecule has 110 heavy (non-hydrogen) atoms. The summed E-state index contributed by atoms with van der Waals surface area (Å²) in [5, 5.41) is 11.8. The molecule has 0 saturated carbocycles. The van der Waals surface area contributed by atoms with Crippen molar-refractivity contribution in [1.82, 2.24) is 19.9 Å². The molecule has 0 spiro atoms. The molecule has 0 radical (unpaired) electrons. The number of hydrogen-bond acceptors (Lipinski definition) is 6. The van der Waals surface area contributed by atoms with Gasteiger partial charge in [-0.15, -0.1) is 0 Å². The first kappa shape index (κ1) is 62.6. The van der Waals surface area contributed by atoms with Crippen molar-refractivity contribution in [3.63, 3.8) is 0 Å². The van der Waals surface area contributed by atoms with Crippen molar-refractivity contribution < 1.29 is 0 Å². The van der Waals surface area contributed by atoms with Crippen LogP contribution in [0.15, 0.2) is 389 Å². The van der Waals surface area contributed by atoms with Crippen LogP contribution in [0.1, 0.15) is 0 Å². The molecule has 4 aromatic heterocycles. The third kappa shape index (κ3) is 9.90. The third-order valence-electron chi connectivity index (χ3n) is 22.7. The van der Waals surface area contributed by atoms with Crippen molar-refractivity contribution in [2.75, 3.05) is 9.80 Å². The summed E-state index contributed by atoms with van der Waals surface area (Å²) in [7, 11) is 0. The minimum Gasteiger partial charge on any atom is -0.308 e. The molecule has 0 unspecified atom stereocenters. The van der Waals surface area contributed by atoms with E-state index in [0.29, 0.717) is 0 Å². The zero-order chi connectivity index (χ0) is 72.3. The van der Waals surface area contributed by atoms with Gasteiger partial charge in [-0.1, -0.05) is 279 Å². The lowest BCUT2D eigenvalue weighted by Gasteiger charge is -2.26. The second-order valence-corrected chi connectivity index (χ2v) is 28.6. The van der Waals surface area contributed by atoms with Gasteiger partial charge in [-0.3, -0.25) is 19.9 Å². The topological polar surface area (TPSA) is 58.0 Å². The molecule has 0 N–H and O–H groups in total. The molecule has 0 saturated heterocycles. The summed E-state index contributed by atoms with van der Waals surface area (Å²) in [6.45, 7) is 0. The molecule has 6 nitrogen and oxygen atoms in total. The fourth-order valence-corrected chi connectivity index (χ4v) is 18.1. The van der Waals surface area contributed by atoms with Crippen LogP contribution < -0.4 is 9.80 Å². The Bertz CT molecular complexity index is 7020. The molecule has 0 aliphatic heterocycles. The molecule has 4 heterocycles. The molecule has 2 aliphatic rings. The monoisotopic (exact) mass is 1400 g/mol. The van der Waals surface area contributed by atoms with E-state index in [-0.39, 0.29) is 0 Å². The molecule has 0 fully saturated rings. The quantitative estimate of drug-likeness (QED) is 0.115. The van der Waals surface area contributed by atoms with Gasteiger partial charge < -0.3 is 4.90 Å². The average Bonchev–Trinajstić information content (AvgIpc) is 1.53. The molecule has 510 valence electrons. The number of benzene rings is 16. The molecule has 0 bridgehead atoms. The Balaban J connectivity index is 0.682. The van der Waals surface area contributed by atoms with Crippen molar-refractivity contribution in [3.8, 4) is 122 Å². The fraction of sp³-hybridized carbons (Fsp3) is 0. The second-order valence-electron chi connectivity index (χ2n) is 28.6. The van der Waals surface area contributed by atoms with E-state index in [1.165, 1.54) is 127 Å². The van der Waals surface area contributed by atoms with E-state index in [1.807, 2.05) is 36.9 Å². The molecule has 0 amide bonds. The Hall–Kier alpha value is -14.7. The SMILES string of the molecule is c1ccc(-c2c3c(c(-c4ccccc4)c4ccccc24)-c2ccc(-c4cccc(N(c5ccc(-c6ccc7c(-c8ccccc8)c8c(c(-c9ccccc9)c7c6)-c6cccc7c(-c9cccc(N(c%10cccnc%10)c%10ccnc%11ccccc%10%11)c9)ccc-8c67)cn5)c5ccnc6ccccc56)c4)c4cccc-3c24)cc1. The van der Waals surface area contributed by atoms with E-state index < -0.39 is 0 Å². The van der Waals surface area contributed by atoms with Gasteiger partial charge in [0, 0.05) is 52.5 Å². The maximum absolute atomic E-state index is 5.54. The van der Waals surface area contributed by atoms with E-state index in [0.717, 1.165) is 95.0 Å². The average molecular weight is 1400 g/mol. The smallest absolute Gasteiger partial charge is 0.137 e. The number of pyridine rings is 4. The number of rotatable bonds is 13. The molecule has 6 heteroatoms. The Morgan fingerprint density at radius 1 is 0.191 bits per heavy atom. The Kier molecular flexibility index (Phi) is 14.5. The number of fused-ring (bicyclic) bond motifs is 10. The summed E-state index contributed by atoms with van der Waals surface area (Å²) >= 11 is 0. The Morgan fingerprint density at radius 3 is 1.06 bits per heavy atom. The Labute approximate surface area is 636 Å². The molecular weight excluding hydrogens is 1330 g/mol. The van der Waals surface area contributed by atoms with Crippen LogP contribution in [0.4, 0.5) is 34.3 Å². The first-order valence-corrected chi connectivity index (χ1v) is 37.6. The summed E-state index contributed by atoms with van der Waals surface area (Å²) in [5.74, 6) is 0.784. The van der Waals surface area contributed by atoms with Crippen LogP contribution in [0.25, 0.3) is 187 Å². The number of para-hydroxylation sites is 2. The fourth-order valence-electron chi connectivity index (χ4n) is 18.1. The van der Waals surface area contributed by atoms with Crippen molar-refractivity contribution in [2.24, 2.45) is 0 Å². The summed E-state index contributed by atoms with van der Waals surface area (Å²) < 4.78 is 0. The van der Waals surface area contributed by atoms with Crippen LogP contribution in [-0.2, 0) is 0 Å². The minimum atomic E-state index is 0.784. The van der Waals surface area contributed by atoms with E-state index >= 15 is 0 Å². The van der Waals surface area contributed by atoms with Crippen molar-refractivity contribution >= 4 is 99.2 Å². The Morgan fingerprint density at radius 2 is 0.582 bits per heavy atom. The van der Waals surface area contributed by atoms with Gasteiger partial charge in [0.05, 0.1) is 34.3 Å². The molecule has 16 aromatic carbocycles. The van der Waals surface area contributed by atoms with E-state index in [9.17, 15) is 0 Å². The standard InChI is InChI=1S/C104H64N6/c1-5-24-65(25-6-1)95-80-37-13-14-38-81(80)96(66-26-7-2-8-27-66)103-87-52-51-77(79-41-21-43-85(99(79)87)101(95)103)71-33-20-35-74(61-71)110(93-56-59-107-91-46-18-16-40-84(91)93)94-54-48-72(63-108-94)69-47-49-82-89(62-69)98(68-30-11-4-12-31-68)102-86-44-22-42-78-76(50-53-88(100(78)86)104(102)97(82)67-28-9-3-10-29-67)70-32-19-34-73(60-70)109(75-36-23-57-105-64-75)92-55-58-106-90-45-17-15-39-83(90)92/h1-64H. The lowest BCUT2D eigenvalue weighted by molar-refractivity contribution is 1.18. The summed E-state index contributed by atoms with van der Waals surface area (Å²) in [6.07, 6.45) is 9.64. The molecular formula is C104H64N6. The van der Waals surface area contributed by atoms with Gasteiger partial charge >= 0.3 is 0 Å². The maximum atomic E-state index is 5.54. The van der Waals surface area contributed by atoms with Gasteiger partial charge in [-0.05, 0) is 239 Å². The highest BCUT2D eigenvalue weighted by atomic mass is 15.2. The van der Waals surface area contributed by atoms with E-state index in [1.54, 1.807) is 0 Å². The van der Waals surface area contributed by atoms with Gasteiger partial charge in [0.25, 0.3) is 0 Å². The highest BCUT2D eigenvalue weighted by Gasteiger charge is 2.34. The van der Waals surface area contributed by atoms with Crippen LogP contribution in [0, 0.1) is 0 Å².